The lowest BCUT2D eigenvalue weighted by molar-refractivity contribution is 0.0947. The fourth-order valence-corrected chi connectivity index (χ4v) is 5.09. The van der Waals surface area contributed by atoms with Crippen LogP contribution in [0.1, 0.15) is 42.1 Å². The van der Waals surface area contributed by atoms with Gasteiger partial charge in [0.15, 0.2) is 0 Å². The molecular weight excluding hydrogens is 424 g/mol. The summed E-state index contributed by atoms with van der Waals surface area (Å²) in [5.41, 5.74) is 1.37. The molecule has 0 spiro atoms. The van der Waals surface area contributed by atoms with Crippen molar-refractivity contribution in [1.29, 1.82) is 0 Å². The number of amides is 1. The second kappa shape index (κ2) is 10.3. The van der Waals surface area contributed by atoms with Crippen molar-refractivity contribution in [2.24, 2.45) is 0 Å². The summed E-state index contributed by atoms with van der Waals surface area (Å²) in [7, 11) is -3.63. The maximum Gasteiger partial charge on any atom is 0.252 e. The molecule has 1 fully saturated rings. The molecule has 0 aliphatic carbocycles. The highest BCUT2D eigenvalue weighted by Crippen LogP contribution is 2.25. The Kier molecular flexibility index (Phi) is 7.75. The topological polar surface area (TPSA) is 75.7 Å². The first-order valence-corrected chi connectivity index (χ1v) is 12.0. The van der Waals surface area contributed by atoms with Gasteiger partial charge in [0.2, 0.25) is 10.0 Å². The van der Waals surface area contributed by atoms with Gasteiger partial charge in [-0.2, -0.15) is 4.31 Å². The Labute approximate surface area is 183 Å². The lowest BCUT2D eigenvalue weighted by Gasteiger charge is -2.26. The number of piperidine rings is 1. The summed E-state index contributed by atoms with van der Waals surface area (Å²) in [5.74, 6) is 0.301. The highest BCUT2D eigenvalue weighted by Gasteiger charge is 2.27. The normalized spacial score (nSPS) is 15.0. The number of carbonyl (C=O) groups is 1. The van der Waals surface area contributed by atoms with E-state index in [9.17, 15) is 13.2 Å². The van der Waals surface area contributed by atoms with Gasteiger partial charge in [0.25, 0.3) is 5.91 Å². The number of hydrogen-bond donors (Lipinski definition) is 1. The van der Waals surface area contributed by atoms with Crippen LogP contribution in [-0.4, -0.2) is 44.9 Å². The molecule has 2 aromatic rings. The Balaban J connectivity index is 1.60. The van der Waals surface area contributed by atoms with Crippen LogP contribution in [-0.2, 0) is 16.4 Å². The van der Waals surface area contributed by atoms with E-state index in [-0.39, 0.29) is 22.0 Å². The van der Waals surface area contributed by atoms with E-state index in [0.29, 0.717) is 19.7 Å². The molecular formula is C22H27ClN2O4S. The van der Waals surface area contributed by atoms with Crippen molar-refractivity contribution >= 4 is 27.5 Å². The fraction of sp³-hybridized carbons (Fsp3) is 0.409. The van der Waals surface area contributed by atoms with Crippen LogP contribution in [0.4, 0.5) is 0 Å². The van der Waals surface area contributed by atoms with Crippen LogP contribution in [0.5, 0.6) is 5.75 Å². The number of hydrogen-bond acceptors (Lipinski definition) is 4. The van der Waals surface area contributed by atoms with Crippen molar-refractivity contribution < 1.29 is 17.9 Å². The number of sulfonamides is 1. The average molecular weight is 451 g/mol. The molecule has 1 N–H and O–H groups in total. The van der Waals surface area contributed by atoms with E-state index in [2.05, 4.69) is 12.2 Å². The van der Waals surface area contributed by atoms with Crippen molar-refractivity contribution in [1.82, 2.24) is 9.62 Å². The Morgan fingerprint density at radius 2 is 1.80 bits per heavy atom. The molecule has 1 saturated heterocycles. The average Bonchev–Trinajstić information content (AvgIpc) is 2.77. The molecule has 1 heterocycles. The fourth-order valence-electron chi connectivity index (χ4n) is 3.34. The van der Waals surface area contributed by atoms with Gasteiger partial charge in [-0.25, -0.2) is 8.42 Å². The number of benzene rings is 2. The third-order valence-electron chi connectivity index (χ3n) is 5.12. The number of carbonyl (C=O) groups excluding carboxylic acids is 1. The van der Waals surface area contributed by atoms with Gasteiger partial charge in [-0.05, 0) is 55.2 Å². The quantitative estimate of drug-likeness (QED) is 0.619. The molecule has 0 saturated carbocycles. The Morgan fingerprint density at radius 1 is 1.10 bits per heavy atom. The molecule has 1 aliphatic rings. The zero-order chi connectivity index (χ0) is 21.6. The number of rotatable bonds is 8. The standard InChI is InChI=1S/C22H27ClN2O4S/c1-2-17-6-8-18(9-7-17)29-15-12-24-22(26)20-16-19(10-11-21(20)23)30(27,28)25-13-4-3-5-14-25/h6-11,16H,2-5,12-15H2,1H3,(H,24,26). The molecule has 6 nitrogen and oxygen atoms in total. The van der Waals surface area contributed by atoms with Crippen LogP contribution in [0.15, 0.2) is 47.4 Å². The first-order valence-electron chi connectivity index (χ1n) is 10.2. The Morgan fingerprint density at radius 3 is 2.47 bits per heavy atom. The van der Waals surface area contributed by atoms with Crippen molar-refractivity contribution in [3.8, 4) is 5.75 Å². The zero-order valence-electron chi connectivity index (χ0n) is 17.1. The molecule has 0 unspecified atom stereocenters. The second-order valence-electron chi connectivity index (χ2n) is 7.21. The zero-order valence-corrected chi connectivity index (χ0v) is 18.6. The monoisotopic (exact) mass is 450 g/mol. The van der Waals surface area contributed by atoms with Crippen LogP contribution in [0.3, 0.4) is 0 Å². The van der Waals surface area contributed by atoms with E-state index in [1.165, 1.54) is 28.1 Å². The van der Waals surface area contributed by atoms with Crippen LogP contribution in [0.2, 0.25) is 5.02 Å². The summed E-state index contributed by atoms with van der Waals surface area (Å²) in [6.07, 6.45) is 3.69. The Hall–Kier alpha value is -2.09. The van der Waals surface area contributed by atoms with Crippen LogP contribution >= 0.6 is 11.6 Å². The minimum atomic E-state index is -3.63. The van der Waals surface area contributed by atoms with Crippen LogP contribution < -0.4 is 10.1 Å². The summed E-state index contributed by atoms with van der Waals surface area (Å²) in [5, 5.41) is 2.94. The first kappa shape index (κ1) is 22.6. The lowest BCUT2D eigenvalue weighted by Crippen LogP contribution is -2.35. The molecule has 1 amide bonds. The highest BCUT2D eigenvalue weighted by molar-refractivity contribution is 7.89. The molecule has 0 atom stereocenters. The van der Waals surface area contributed by atoms with Gasteiger partial charge in [0.1, 0.15) is 12.4 Å². The number of nitrogens with one attached hydrogen (secondary N) is 1. The van der Waals surface area contributed by atoms with Gasteiger partial charge in [0, 0.05) is 13.1 Å². The van der Waals surface area contributed by atoms with Gasteiger partial charge < -0.3 is 10.1 Å². The molecule has 162 valence electrons. The van der Waals surface area contributed by atoms with E-state index in [1.807, 2.05) is 24.3 Å². The van der Waals surface area contributed by atoms with E-state index >= 15 is 0 Å². The van der Waals surface area contributed by atoms with Gasteiger partial charge in [-0.3, -0.25) is 4.79 Å². The molecule has 30 heavy (non-hydrogen) atoms. The van der Waals surface area contributed by atoms with E-state index in [1.54, 1.807) is 0 Å². The summed E-state index contributed by atoms with van der Waals surface area (Å²) in [4.78, 5) is 12.6. The minimum absolute atomic E-state index is 0.0891. The molecule has 8 heteroatoms. The molecule has 0 radical (unpaired) electrons. The maximum absolute atomic E-state index is 12.9. The van der Waals surface area contributed by atoms with Crippen LogP contribution in [0.25, 0.3) is 0 Å². The van der Waals surface area contributed by atoms with Crippen molar-refractivity contribution in [2.45, 2.75) is 37.5 Å². The van der Waals surface area contributed by atoms with Crippen molar-refractivity contribution in [2.75, 3.05) is 26.2 Å². The SMILES string of the molecule is CCc1ccc(OCCNC(=O)c2cc(S(=O)(=O)N3CCCCC3)ccc2Cl)cc1. The van der Waals surface area contributed by atoms with Crippen molar-refractivity contribution in [3.63, 3.8) is 0 Å². The van der Waals surface area contributed by atoms with Gasteiger partial charge in [-0.1, -0.05) is 37.1 Å². The van der Waals surface area contributed by atoms with E-state index in [4.69, 9.17) is 16.3 Å². The minimum Gasteiger partial charge on any atom is -0.492 e. The lowest BCUT2D eigenvalue weighted by atomic mass is 10.2. The maximum atomic E-state index is 12.9. The number of nitrogens with zero attached hydrogens (tertiary/aromatic N) is 1. The first-order chi connectivity index (χ1) is 14.4. The molecule has 0 aromatic heterocycles. The van der Waals surface area contributed by atoms with Gasteiger partial charge in [0.05, 0.1) is 22.0 Å². The van der Waals surface area contributed by atoms with Gasteiger partial charge >= 0.3 is 0 Å². The second-order valence-corrected chi connectivity index (χ2v) is 9.55. The third-order valence-corrected chi connectivity index (χ3v) is 7.35. The number of ether oxygens (including phenoxy) is 1. The molecule has 1 aliphatic heterocycles. The number of aryl methyl sites for hydroxylation is 1. The summed E-state index contributed by atoms with van der Waals surface area (Å²) in [6, 6.07) is 12.1. The predicted octanol–water partition coefficient (Wildman–Crippen LogP) is 3.89. The number of halogens is 1. The summed E-state index contributed by atoms with van der Waals surface area (Å²) in [6.45, 7) is 3.66. The van der Waals surface area contributed by atoms with E-state index in [0.717, 1.165) is 31.4 Å². The summed E-state index contributed by atoms with van der Waals surface area (Å²) < 4.78 is 32.8. The summed E-state index contributed by atoms with van der Waals surface area (Å²) >= 11 is 6.16. The predicted molar refractivity (Wildman–Crippen MR) is 118 cm³/mol. The Bertz CT molecular complexity index is 971. The molecule has 0 bridgehead atoms. The highest BCUT2D eigenvalue weighted by atomic mass is 35.5. The van der Waals surface area contributed by atoms with Crippen molar-refractivity contribution in [3.05, 3.63) is 58.6 Å². The molecule has 3 rings (SSSR count). The van der Waals surface area contributed by atoms with Crippen LogP contribution in [0, 0.1) is 0 Å². The van der Waals surface area contributed by atoms with Gasteiger partial charge in [-0.15, -0.1) is 0 Å². The smallest absolute Gasteiger partial charge is 0.252 e. The van der Waals surface area contributed by atoms with E-state index < -0.39 is 15.9 Å². The largest absolute Gasteiger partial charge is 0.492 e. The third kappa shape index (κ3) is 5.53. The molecule has 2 aromatic carbocycles.